The minimum absolute atomic E-state index is 0.0421. The number of aromatic nitrogens is 2. The molecule has 2 rings (SSSR count). The Hall–Kier alpha value is -2.83. The molecule has 0 bridgehead atoms. The van der Waals surface area contributed by atoms with Crippen molar-refractivity contribution in [2.75, 3.05) is 13.7 Å². The van der Waals surface area contributed by atoms with Crippen LogP contribution in [-0.2, 0) is 23.2 Å². The molecule has 0 fully saturated rings. The molecule has 7 nitrogen and oxygen atoms in total. The topological polar surface area (TPSA) is 76.5 Å². The number of amides is 2. The SMILES string of the molecule is CC(C)[C@@H](NC(=O)COc1ccccc1)C(=O)N(C)Cc1cnn(C)c1. The molecule has 1 aromatic heterocycles. The van der Waals surface area contributed by atoms with Crippen molar-refractivity contribution in [3.05, 3.63) is 48.3 Å². The quantitative estimate of drug-likeness (QED) is 0.778. The first kappa shape index (κ1) is 19.5. The van der Waals surface area contributed by atoms with Crippen LogP contribution in [0.25, 0.3) is 0 Å². The highest BCUT2D eigenvalue weighted by atomic mass is 16.5. The molecule has 0 saturated heterocycles. The molecule has 0 aliphatic rings. The molecule has 0 spiro atoms. The molecule has 2 aromatic rings. The highest BCUT2D eigenvalue weighted by Gasteiger charge is 2.27. The first-order valence-electron chi connectivity index (χ1n) is 8.56. The third-order valence-electron chi connectivity index (χ3n) is 3.92. The van der Waals surface area contributed by atoms with E-state index in [1.54, 1.807) is 35.0 Å². The number of carbonyl (C=O) groups excluding carboxylic acids is 2. The van der Waals surface area contributed by atoms with Gasteiger partial charge in [-0.05, 0) is 18.1 Å². The Morgan fingerprint density at radius 1 is 1.27 bits per heavy atom. The maximum atomic E-state index is 12.7. The molecule has 140 valence electrons. The number of likely N-dealkylation sites (N-methyl/N-ethyl adjacent to an activating group) is 1. The van der Waals surface area contributed by atoms with Crippen molar-refractivity contribution in [2.24, 2.45) is 13.0 Å². The first-order valence-corrected chi connectivity index (χ1v) is 8.56. The van der Waals surface area contributed by atoms with Gasteiger partial charge in [0.2, 0.25) is 5.91 Å². The smallest absolute Gasteiger partial charge is 0.258 e. The Morgan fingerprint density at radius 3 is 2.54 bits per heavy atom. The lowest BCUT2D eigenvalue weighted by molar-refractivity contribution is -0.137. The Bertz CT molecular complexity index is 727. The maximum Gasteiger partial charge on any atom is 0.258 e. The van der Waals surface area contributed by atoms with Crippen molar-refractivity contribution in [3.63, 3.8) is 0 Å². The van der Waals surface area contributed by atoms with Crippen LogP contribution in [0.2, 0.25) is 0 Å². The van der Waals surface area contributed by atoms with E-state index in [2.05, 4.69) is 10.4 Å². The van der Waals surface area contributed by atoms with E-state index in [1.165, 1.54) is 0 Å². The predicted molar refractivity (Wildman–Crippen MR) is 98.4 cm³/mol. The van der Waals surface area contributed by atoms with E-state index >= 15 is 0 Å². The number of nitrogens with zero attached hydrogens (tertiary/aromatic N) is 3. The lowest BCUT2D eigenvalue weighted by Gasteiger charge is -2.26. The number of hydrogen-bond acceptors (Lipinski definition) is 4. The minimum atomic E-state index is -0.608. The second kappa shape index (κ2) is 9.03. The molecule has 2 amide bonds. The summed E-state index contributed by atoms with van der Waals surface area (Å²) < 4.78 is 7.13. The van der Waals surface area contributed by atoms with Gasteiger partial charge in [0.25, 0.3) is 5.91 Å². The van der Waals surface area contributed by atoms with Crippen molar-refractivity contribution in [3.8, 4) is 5.75 Å². The Morgan fingerprint density at radius 2 is 1.96 bits per heavy atom. The van der Waals surface area contributed by atoms with E-state index in [0.717, 1.165) is 5.56 Å². The fraction of sp³-hybridized carbons (Fsp3) is 0.421. The van der Waals surface area contributed by atoms with Gasteiger partial charge in [-0.15, -0.1) is 0 Å². The van der Waals surface area contributed by atoms with Crippen LogP contribution in [0.1, 0.15) is 19.4 Å². The lowest BCUT2D eigenvalue weighted by atomic mass is 10.0. The van der Waals surface area contributed by atoms with Crippen LogP contribution in [0.15, 0.2) is 42.7 Å². The average molecular weight is 358 g/mol. The number of ether oxygens (including phenoxy) is 1. The van der Waals surface area contributed by atoms with Gasteiger partial charge in [0.1, 0.15) is 11.8 Å². The van der Waals surface area contributed by atoms with Gasteiger partial charge in [0, 0.05) is 32.4 Å². The summed E-state index contributed by atoms with van der Waals surface area (Å²) in [6.45, 7) is 4.11. The number of hydrogen-bond donors (Lipinski definition) is 1. The van der Waals surface area contributed by atoms with Crippen LogP contribution in [0.5, 0.6) is 5.75 Å². The summed E-state index contributed by atoms with van der Waals surface area (Å²) in [5, 5.41) is 6.89. The summed E-state index contributed by atoms with van der Waals surface area (Å²) in [5.41, 5.74) is 0.935. The summed E-state index contributed by atoms with van der Waals surface area (Å²) >= 11 is 0. The van der Waals surface area contributed by atoms with Crippen LogP contribution < -0.4 is 10.1 Å². The normalized spacial score (nSPS) is 11.9. The molecular weight excluding hydrogens is 332 g/mol. The van der Waals surface area contributed by atoms with Crippen molar-refractivity contribution in [2.45, 2.75) is 26.4 Å². The third kappa shape index (κ3) is 5.61. The molecule has 0 unspecified atom stereocenters. The molecule has 26 heavy (non-hydrogen) atoms. The molecular formula is C19H26N4O3. The van der Waals surface area contributed by atoms with Gasteiger partial charge in [-0.25, -0.2) is 0 Å². The van der Waals surface area contributed by atoms with Gasteiger partial charge >= 0.3 is 0 Å². The predicted octanol–water partition coefficient (Wildman–Crippen LogP) is 1.60. The Labute approximate surface area is 153 Å². The zero-order valence-electron chi connectivity index (χ0n) is 15.7. The van der Waals surface area contributed by atoms with Crippen LogP contribution in [-0.4, -0.2) is 46.2 Å². The molecule has 1 atom stereocenters. The summed E-state index contributed by atoms with van der Waals surface area (Å²) in [7, 11) is 3.55. The summed E-state index contributed by atoms with van der Waals surface area (Å²) in [6.07, 6.45) is 3.58. The van der Waals surface area contributed by atoms with Gasteiger partial charge in [0.15, 0.2) is 6.61 Å². The zero-order chi connectivity index (χ0) is 19.1. The molecule has 0 saturated carbocycles. The summed E-state index contributed by atoms with van der Waals surface area (Å²) in [4.78, 5) is 26.5. The molecule has 0 radical (unpaired) electrons. The lowest BCUT2D eigenvalue weighted by Crippen LogP contribution is -2.51. The van der Waals surface area contributed by atoms with E-state index in [0.29, 0.717) is 12.3 Å². The highest BCUT2D eigenvalue weighted by molar-refractivity contribution is 5.88. The molecule has 0 aliphatic carbocycles. The van der Waals surface area contributed by atoms with E-state index in [9.17, 15) is 9.59 Å². The average Bonchev–Trinajstić information content (AvgIpc) is 3.02. The van der Waals surface area contributed by atoms with Crippen LogP contribution >= 0.6 is 0 Å². The van der Waals surface area contributed by atoms with Crippen molar-refractivity contribution < 1.29 is 14.3 Å². The molecule has 1 heterocycles. The number of aryl methyl sites for hydroxylation is 1. The largest absolute Gasteiger partial charge is 0.484 e. The van der Waals surface area contributed by atoms with Crippen molar-refractivity contribution in [1.29, 1.82) is 0 Å². The van der Waals surface area contributed by atoms with E-state index < -0.39 is 6.04 Å². The molecule has 0 aliphatic heterocycles. The number of benzene rings is 1. The fourth-order valence-electron chi connectivity index (χ4n) is 2.54. The number of rotatable bonds is 8. The van der Waals surface area contributed by atoms with Gasteiger partial charge in [-0.3, -0.25) is 14.3 Å². The van der Waals surface area contributed by atoms with Crippen LogP contribution in [0, 0.1) is 5.92 Å². The van der Waals surface area contributed by atoms with Crippen molar-refractivity contribution >= 4 is 11.8 Å². The third-order valence-corrected chi connectivity index (χ3v) is 3.92. The van der Waals surface area contributed by atoms with Gasteiger partial charge in [-0.2, -0.15) is 5.10 Å². The summed E-state index contributed by atoms with van der Waals surface area (Å²) in [6, 6.07) is 8.49. The number of carbonyl (C=O) groups is 2. The van der Waals surface area contributed by atoms with Gasteiger partial charge in [0.05, 0.1) is 6.20 Å². The second-order valence-electron chi connectivity index (χ2n) is 6.61. The maximum absolute atomic E-state index is 12.7. The van der Waals surface area contributed by atoms with E-state index in [-0.39, 0.29) is 24.3 Å². The molecule has 1 aromatic carbocycles. The van der Waals surface area contributed by atoms with E-state index in [4.69, 9.17) is 4.74 Å². The number of nitrogens with one attached hydrogen (secondary N) is 1. The standard InChI is InChI=1S/C19H26N4O3/c1-14(2)18(19(25)22(3)11-15-10-20-23(4)12-15)21-17(24)13-26-16-8-6-5-7-9-16/h5-10,12,14,18H,11,13H2,1-4H3,(H,21,24)/t18-/m1/s1. The Balaban J connectivity index is 1.91. The van der Waals surface area contributed by atoms with E-state index in [1.807, 2.05) is 45.3 Å². The second-order valence-corrected chi connectivity index (χ2v) is 6.61. The van der Waals surface area contributed by atoms with Crippen LogP contribution in [0.3, 0.4) is 0 Å². The zero-order valence-corrected chi connectivity index (χ0v) is 15.7. The van der Waals surface area contributed by atoms with Gasteiger partial charge in [-0.1, -0.05) is 32.0 Å². The Kier molecular flexibility index (Phi) is 6.77. The highest BCUT2D eigenvalue weighted by Crippen LogP contribution is 2.10. The number of para-hydroxylation sites is 1. The van der Waals surface area contributed by atoms with Crippen LogP contribution in [0.4, 0.5) is 0 Å². The molecule has 7 heteroatoms. The van der Waals surface area contributed by atoms with Crippen molar-refractivity contribution in [1.82, 2.24) is 20.0 Å². The van der Waals surface area contributed by atoms with Gasteiger partial charge < -0.3 is 15.0 Å². The summed E-state index contributed by atoms with van der Waals surface area (Å²) in [5.74, 6) is 0.107. The monoisotopic (exact) mass is 358 g/mol. The first-order chi connectivity index (χ1) is 12.4. The molecule has 1 N–H and O–H groups in total. The fourth-order valence-corrected chi connectivity index (χ4v) is 2.54. The minimum Gasteiger partial charge on any atom is -0.484 e.